The largest absolute Gasteiger partial charge is 0.464 e. The molecule has 1 saturated heterocycles. The van der Waals surface area contributed by atoms with Crippen LogP contribution in [0.4, 0.5) is 0 Å². The zero-order valence-electron chi connectivity index (χ0n) is 13.8. The van der Waals surface area contributed by atoms with Crippen LogP contribution in [0.3, 0.4) is 0 Å². The lowest BCUT2D eigenvalue weighted by molar-refractivity contribution is -0.147. The summed E-state index contributed by atoms with van der Waals surface area (Å²) in [5.41, 5.74) is 0.383. The van der Waals surface area contributed by atoms with E-state index in [1.807, 2.05) is 0 Å². The summed E-state index contributed by atoms with van der Waals surface area (Å²) in [7, 11) is 0. The van der Waals surface area contributed by atoms with E-state index in [0.717, 1.165) is 0 Å². The number of carbonyl (C=O) groups excluding carboxylic acids is 2. The van der Waals surface area contributed by atoms with E-state index in [2.05, 4.69) is 20.8 Å². The lowest BCUT2D eigenvalue weighted by atomic mass is 9.94. The summed E-state index contributed by atoms with van der Waals surface area (Å²) in [6, 6.07) is 6.20. The van der Waals surface area contributed by atoms with Crippen LogP contribution in [0.5, 0.6) is 0 Å². The predicted molar refractivity (Wildman–Crippen MR) is 93.7 cm³/mol. The molecule has 0 aromatic heterocycles. The van der Waals surface area contributed by atoms with Crippen molar-refractivity contribution in [2.75, 3.05) is 12.4 Å². The first-order valence-electron chi connectivity index (χ1n) is 7.62. The molecule has 6 heteroatoms. The summed E-state index contributed by atoms with van der Waals surface area (Å²) in [5, 5.41) is 0.492. The van der Waals surface area contributed by atoms with Gasteiger partial charge < -0.3 is 9.64 Å². The fourth-order valence-corrected chi connectivity index (χ4v) is 4.27. The fourth-order valence-electron chi connectivity index (χ4n) is 2.58. The highest BCUT2D eigenvalue weighted by Gasteiger charge is 2.47. The molecule has 1 amide bonds. The Morgan fingerprint density at radius 2 is 1.91 bits per heavy atom. The van der Waals surface area contributed by atoms with Crippen molar-refractivity contribution in [2.24, 2.45) is 5.41 Å². The summed E-state index contributed by atoms with van der Waals surface area (Å²) in [4.78, 5) is 26.9. The van der Waals surface area contributed by atoms with Gasteiger partial charge in [-0.05, 0) is 36.6 Å². The molecule has 23 heavy (non-hydrogen) atoms. The quantitative estimate of drug-likeness (QED) is 0.773. The molecule has 2 atom stereocenters. The minimum atomic E-state index is -0.549. The van der Waals surface area contributed by atoms with Crippen LogP contribution < -0.4 is 0 Å². The van der Waals surface area contributed by atoms with Crippen molar-refractivity contribution in [3.05, 3.63) is 34.9 Å². The number of nitrogens with zero attached hydrogens (tertiary/aromatic N) is 1. The Labute approximate surface area is 146 Å². The van der Waals surface area contributed by atoms with E-state index in [4.69, 9.17) is 16.3 Å². The second-order valence-corrected chi connectivity index (χ2v) is 8.09. The van der Waals surface area contributed by atoms with E-state index in [1.165, 1.54) is 0 Å². The first-order chi connectivity index (χ1) is 10.8. The third kappa shape index (κ3) is 4.01. The van der Waals surface area contributed by atoms with Crippen LogP contribution in [0.1, 0.15) is 38.1 Å². The van der Waals surface area contributed by atoms with Crippen LogP contribution >= 0.6 is 23.4 Å². The van der Waals surface area contributed by atoms with Gasteiger partial charge in [0.2, 0.25) is 0 Å². The SMILES string of the molecule is CCOC(=O)[C@@H]1CS[C@@H](C(C)(C)C)N1C(=O)c1ccc(Cl)cc1. The van der Waals surface area contributed by atoms with Gasteiger partial charge in [-0.25, -0.2) is 4.79 Å². The lowest BCUT2D eigenvalue weighted by Gasteiger charge is -2.36. The number of benzene rings is 1. The molecule has 1 fully saturated rings. The van der Waals surface area contributed by atoms with Crippen molar-refractivity contribution in [1.29, 1.82) is 0 Å². The first-order valence-corrected chi connectivity index (χ1v) is 9.05. The average Bonchev–Trinajstić information content (AvgIpc) is 2.92. The molecule has 1 heterocycles. The zero-order valence-corrected chi connectivity index (χ0v) is 15.4. The highest BCUT2D eigenvalue weighted by atomic mass is 35.5. The minimum Gasteiger partial charge on any atom is -0.464 e. The third-order valence-corrected chi connectivity index (χ3v) is 5.64. The number of amides is 1. The van der Waals surface area contributed by atoms with Crippen LogP contribution in [0.2, 0.25) is 5.02 Å². The van der Waals surface area contributed by atoms with Crippen LogP contribution in [-0.4, -0.2) is 40.6 Å². The van der Waals surface area contributed by atoms with Gasteiger partial charge in [0, 0.05) is 16.3 Å². The summed E-state index contributed by atoms with van der Waals surface area (Å²) < 4.78 is 5.15. The van der Waals surface area contributed by atoms with E-state index in [-0.39, 0.29) is 22.7 Å². The maximum atomic E-state index is 13.0. The molecule has 2 rings (SSSR count). The Balaban J connectivity index is 2.34. The van der Waals surface area contributed by atoms with Gasteiger partial charge in [0.25, 0.3) is 5.91 Å². The van der Waals surface area contributed by atoms with Gasteiger partial charge in [0.1, 0.15) is 6.04 Å². The summed E-state index contributed by atoms with van der Waals surface area (Å²) in [5.74, 6) is 0.0545. The molecule has 0 aliphatic carbocycles. The van der Waals surface area contributed by atoms with Crippen LogP contribution in [0.25, 0.3) is 0 Å². The molecule has 1 aromatic rings. The Morgan fingerprint density at radius 1 is 1.30 bits per heavy atom. The van der Waals surface area contributed by atoms with Crippen LogP contribution in [0.15, 0.2) is 24.3 Å². The number of thioether (sulfide) groups is 1. The smallest absolute Gasteiger partial charge is 0.329 e. The molecule has 0 spiro atoms. The Bertz CT molecular complexity index is 582. The molecule has 1 aliphatic rings. The lowest BCUT2D eigenvalue weighted by Crippen LogP contribution is -2.50. The van der Waals surface area contributed by atoms with E-state index in [0.29, 0.717) is 22.9 Å². The molecule has 0 saturated carbocycles. The number of rotatable bonds is 3. The summed E-state index contributed by atoms with van der Waals surface area (Å²) in [6.07, 6.45) is 0. The summed E-state index contributed by atoms with van der Waals surface area (Å²) >= 11 is 7.52. The van der Waals surface area contributed by atoms with Gasteiger partial charge in [0.15, 0.2) is 0 Å². The van der Waals surface area contributed by atoms with Crippen molar-refractivity contribution < 1.29 is 14.3 Å². The number of hydrogen-bond donors (Lipinski definition) is 0. The second-order valence-electron chi connectivity index (χ2n) is 6.54. The molecule has 1 aromatic carbocycles. The van der Waals surface area contributed by atoms with Gasteiger partial charge in [-0.3, -0.25) is 4.79 Å². The van der Waals surface area contributed by atoms with Gasteiger partial charge in [-0.2, -0.15) is 0 Å². The van der Waals surface area contributed by atoms with Gasteiger partial charge in [-0.1, -0.05) is 32.4 Å². The van der Waals surface area contributed by atoms with Crippen LogP contribution in [0, 0.1) is 5.41 Å². The van der Waals surface area contributed by atoms with E-state index < -0.39 is 6.04 Å². The normalized spacial score (nSPS) is 21.3. The standard InChI is InChI=1S/C17H22ClNO3S/c1-5-22-15(21)13-10-23-16(17(2,3)4)19(13)14(20)11-6-8-12(18)9-7-11/h6-9,13,16H,5,10H2,1-4H3/t13-,16-/m0/s1. The third-order valence-electron chi connectivity index (χ3n) is 3.63. The van der Waals surface area contributed by atoms with Crippen molar-refractivity contribution in [3.63, 3.8) is 0 Å². The number of halogens is 1. The molecule has 0 N–H and O–H groups in total. The van der Waals surface area contributed by atoms with Gasteiger partial charge in [-0.15, -0.1) is 11.8 Å². The number of esters is 1. The monoisotopic (exact) mass is 355 g/mol. The Kier molecular flexibility index (Phi) is 5.63. The minimum absolute atomic E-state index is 0.0833. The summed E-state index contributed by atoms with van der Waals surface area (Å²) in [6.45, 7) is 8.29. The molecule has 0 bridgehead atoms. The number of carbonyl (C=O) groups is 2. The maximum absolute atomic E-state index is 13.0. The van der Waals surface area contributed by atoms with E-state index in [1.54, 1.807) is 47.9 Å². The van der Waals surface area contributed by atoms with Crippen molar-refractivity contribution in [2.45, 2.75) is 39.1 Å². The highest BCUT2D eigenvalue weighted by molar-refractivity contribution is 8.00. The van der Waals surface area contributed by atoms with E-state index in [9.17, 15) is 9.59 Å². The van der Waals surface area contributed by atoms with Crippen LogP contribution in [-0.2, 0) is 9.53 Å². The fraction of sp³-hybridized carbons (Fsp3) is 0.529. The van der Waals surface area contributed by atoms with Crippen molar-refractivity contribution >= 4 is 35.2 Å². The molecule has 1 aliphatic heterocycles. The van der Waals surface area contributed by atoms with Crippen molar-refractivity contribution in [1.82, 2.24) is 4.90 Å². The molecule has 126 valence electrons. The topological polar surface area (TPSA) is 46.6 Å². The second kappa shape index (κ2) is 7.14. The van der Waals surface area contributed by atoms with Gasteiger partial charge >= 0.3 is 5.97 Å². The molecule has 4 nitrogen and oxygen atoms in total. The van der Waals surface area contributed by atoms with Crippen molar-refractivity contribution in [3.8, 4) is 0 Å². The molecular formula is C17H22ClNO3S. The average molecular weight is 356 g/mol. The molecule has 0 radical (unpaired) electrons. The first kappa shape index (κ1) is 18.1. The number of ether oxygens (including phenoxy) is 1. The molecule has 0 unspecified atom stereocenters. The Morgan fingerprint density at radius 3 is 2.43 bits per heavy atom. The highest BCUT2D eigenvalue weighted by Crippen LogP contribution is 2.41. The molecular weight excluding hydrogens is 334 g/mol. The predicted octanol–water partition coefficient (Wildman–Crippen LogP) is 3.83. The zero-order chi connectivity index (χ0) is 17.2. The Hall–Kier alpha value is -1.20. The van der Waals surface area contributed by atoms with Gasteiger partial charge in [0.05, 0.1) is 12.0 Å². The van der Waals surface area contributed by atoms with E-state index >= 15 is 0 Å². The number of hydrogen-bond acceptors (Lipinski definition) is 4. The maximum Gasteiger partial charge on any atom is 0.329 e.